The van der Waals surface area contributed by atoms with E-state index in [0.717, 1.165) is 12.8 Å². The topological polar surface area (TPSA) is 201 Å². The van der Waals surface area contributed by atoms with Crippen molar-refractivity contribution in [2.24, 2.45) is 0 Å². The van der Waals surface area contributed by atoms with Crippen LogP contribution in [0.2, 0.25) is 0 Å². The van der Waals surface area contributed by atoms with E-state index >= 15 is 0 Å². The van der Waals surface area contributed by atoms with Gasteiger partial charge in [0.1, 0.15) is 24.9 Å². The average molecular weight is 608 g/mol. The molecule has 0 spiro atoms. The second-order valence-corrected chi connectivity index (χ2v) is 4.95. The van der Waals surface area contributed by atoms with Gasteiger partial charge >= 0.3 is 79.8 Å². The third-order valence-electron chi connectivity index (χ3n) is 2.85. The molecule has 0 saturated heterocycles. The molecule has 204 valence electrons. The van der Waals surface area contributed by atoms with E-state index in [1.54, 1.807) is 12.2 Å². The predicted molar refractivity (Wildman–Crippen MR) is 107 cm³/mol. The summed E-state index contributed by atoms with van der Waals surface area (Å²) in [5, 5.41) is 9.99. The van der Waals surface area contributed by atoms with Crippen LogP contribution >= 0.6 is 0 Å². The van der Waals surface area contributed by atoms with Gasteiger partial charge in [0.05, 0.1) is 0 Å². The molecule has 0 fully saturated rings. The van der Waals surface area contributed by atoms with Crippen LogP contribution in [0.25, 0.3) is 0 Å². The third kappa shape index (κ3) is 47.2. The second-order valence-electron chi connectivity index (χ2n) is 4.95. The Kier molecular flexibility index (Phi) is 80.8. The smallest absolute Gasteiger partial charge is 0 e. The van der Waals surface area contributed by atoms with Gasteiger partial charge in [-0.15, -0.1) is 0 Å². The molecule has 0 aromatic carbocycles. The molecular weight excluding hydrogens is 586 g/mol. The molecule has 0 amide bonds. The molecule has 1 aliphatic heterocycles. The van der Waals surface area contributed by atoms with Crippen molar-refractivity contribution in [1.82, 2.24) is 0 Å². The number of carbonyl (C=O) groups is 2. The molecule has 37 heavy (non-hydrogen) atoms. The van der Waals surface area contributed by atoms with E-state index in [0.29, 0.717) is 6.61 Å². The van der Waals surface area contributed by atoms with Crippen LogP contribution in [0.4, 0.5) is 0 Å². The summed E-state index contributed by atoms with van der Waals surface area (Å²) >= 11 is 0. The van der Waals surface area contributed by atoms with Gasteiger partial charge in [-0.3, -0.25) is 9.59 Å². The van der Waals surface area contributed by atoms with Gasteiger partial charge in [-0.25, -0.2) is 0 Å². The summed E-state index contributed by atoms with van der Waals surface area (Å²) in [6.07, 6.45) is 6.09. The number of rotatable bonds is 6. The Morgan fingerprint density at radius 2 is 1.49 bits per heavy atom. The van der Waals surface area contributed by atoms with Crippen molar-refractivity contribution in [2.75, 3.05) is 13.2 Å². The fourth-order valence-electron chi connectivity index (χ4n) is 1.78. The zero-order valence-electron chi connectivity index (χ0n) is 19.5. The van der Waals surface area contributed by atoms with Gasteiger partial charge < -0.3 is 19.3 Å². The van der Waals surface area contributed by atoms with Crippen molar-refractivity contribution < 1.29 is 90.4 Å². The molecule has 0 bridgehead atoms. The maximum absolute atomic E-state index is 11.2. The van der Waals surface area contributed by atoms with Gasteiger partial charge in [0.25, 0.3) is 0 Å². The van der Waals surface area contributed by atoms with E-state index < -0.39 is 30.3 Å². The van der Waals surface area contributed by atoms with E-state index in [4.69, 9.17) is 42.1 Å². The quantitative estimate of drug-likeness (QED) is 0.153. The minimum Gasteiger partial charge on any atom is 0 e. The van der Waals surface area contributed by atoms with Crippen LogP contribution in [0, 0.1) is 51.7 Å². The minimum absolute atomic E-state index is 0. The maximum Gasteiger partial charge on any atom is 0 e. The first-order chi connectivity index (χ1) is 17.0. The number of hydrogen-bond acceptors (Lipinski definition) is 6. The predicted octanol–water partition coefficient (Wildman–Crippen LogP) is 0.907. The van der Waals surface area contributed by atoms with Crippen LogP contribution < -0.4 is 0 Å². The molecule has 0 aromatic rings. The molecule has 12 nitrogen and oxygen atoms in total. The van der Waals surface area contributed by atoms with Gasteiger partial charge in [0, 0.05) is 54.0 Å². The van der Waals surface area contributed by atoms with E-state index in [9.17, 15) is 14.7 Å². The van der Waals surface area contributed by atoms with Crippen LogP contribution in [0.3, 0.4) is 0 Å². The molecule has 0 aliphatic carbocycles. The van der Waals surface area contributed by atoms with E-state index in [2.05, 4.69) is 51.7 Å². The van der Waals surface area contributed by atoms with Crippen molar-refractivity contribution in [3.05, 3.63) is 64.2 Å². The van der Waals surface area contributed by atoms with Crippen molar-refractivity contribution in [2.45, 2.75) is 45.0 Å². The van der Waals surface area contributed by atoms with Crippen molar-refractivity contribution in [1.29, 1.82) is 0 Å². The first-order valence-electron chi connectivity index (χ1n) is 8.66. The zero-order chi connectivity index (χ0) is 29.1. The summed E-state index contributed by atoms with van der Waals surface area (Å²) < 4.78 is 60.3. The number of allylic oxidation sites excluding steroid dienone is 2. The first kappa shape index (κ1) is 55.0. The van der Waals surface area contributed by atoms with E-state index in [1.807, 2.05) is 6.08 Å². The molecule has 3 atom stereocenters. The normalized spacial score (nSPS) is 13.9. The number of hydrogen-bond donors (Lipinski definition) is 1. The SMILES string of the molecule is CC(=O)OC[C@@H](O)[C@H](/C=C/C1C#C/C=C\CCCO1)OC(C)=O.[C-]#[O+].[C-]#[O+].[C-]#[O+].[C-]#[O+].[C-]#[O+].[C-]#[O+].[Co].[Co]. The summed E-state index contributed by atoms with van der Waals surface area (Å²) in [5.41, 5.74) is 0. The first-order valence-corrected chi connectivity index (χ1v) is 8.66. The number of esters is 2. The Morgan fingerprint density at radius 1 is 1.00 bits per heavy atom. The Labute approximate surface area is 236 Å². The summed E-state index contributed by atoms with van der Waals surface area (Å²) in [6.45, 7) is 29.8. The zero-order valence-corrected chi connectivity index (χ0v) is 21.6. The standard InChI is InChI=1S/C17H22O6.6CO.2Co/c1-13(18)22-12-16(20)17(23-14(2)19)10-9-15-8-6-4-3-5-7-11-21-15;6*1-2;;/h3-4,9-10,15-17,20H,5,7,11-12H2,1-2H3;;;;;;;;/b4-3-,10-9+;;;;;;;;/t15?,16-,17+;;;;;;;;/m1......../s1. The maximum atomic E-state index is 11.2. The summed E-state index contributed by atoms with van der Waals surface area (Å²) in [7, 11) is 0. The molecule has 1 rings (SSSR count). The summed E-state index contributed by atoms with van der Waals surface area (Å²) in [6, 6.07) is 0. The summed E-state index contributed by atoms with van der Waals surface area (Å²) in [5.74, 6) is 4.70. The van der Waals surface area contributed by atoms with Gasteiger partial charge in [-0.1, -0.05) is 17.9 Å². The van der Waals surface area contributed by atoms with E-state index in [-0.39, 0.29) is 40.2 Å². The Morgan fingerprint density at radius 3 is 1.92 bits per heavy atom. The Bertz CT molecular complexity index is 721. The van der Waals surface area contributed by atoms with Crippen molar-refractivity contribution >= 4 is 11.9 Å². The fourth-order valence-corrected chi connectivity index (χ4v) is 1.78. The molecule has 1 unspecified atom stereocenters. The van der Waals surface area contributed by atoms with Gasteiger partial charge in [-0.2, -0.15) is 0 Å². The number of ether oxygens (including phenoxy) is 3. The molecule has 14 heteroatoms. The van der Waals surface area contributed by atoms with Crippen LogP contribution in [0.5, 0.6) is 0 Å². The van der Waals surface area contributed by atoms with Crippen molar-refractivity contribution in [3.8, 4) is 11.8 Å². The molecule has 1 aliphatic rings. The number of carbonyl (C=O) groups excluding carboxylic acids is 2. The van der Waals surface area contributed by atoms with Crippen LogP contribution in [0.1, 0.15) is 26.7 Å². The molecule has 1 heterocycles. The van der Waals surface area contributed by atoms with Crippen LogP contribution in [0.15, 0.2) is 24.3 Å². The van der Waals surface area contributed by atoms with Crippen molar-refractivity contribution in [3.63, 3.8) is 0 Å². The number of aliphatic hydroxyl groups excluding tert-OH is 1. The molecule has 0 saturated carbocycles. The van der Waals surface area contributed by atoms with Crippen LogP contribution in [-0.4, -0.2) is 48.6 Å². The molecular formula is C23H22Co2O12. The minimum atomic E-state index is -1.16. The van der Waals surface area contributed by atoms with Gasteiger partial charge in [0.2, 0.25) is 0 Å². The van der Waals surface area contributed by atoms with E-state index in [1.165, 1.54) is 19.9 Å². The van der Waals surface area contributed by atoms with Crippen LogP contribution in [-0.2, 0) is 85.3 Å². The van der Waals surface area contributed by atoms with Gasteiger partial charge in [-0.05, 0) is 31.1 Å². The third-order valence-corrected chi connectivity index (χ3v) is 2.85. The molecule has 1 N–H and O–H groups in total. The second kappa shape index (κ2) is 54.3. The Hall–Kier alpha value is -2.65. The molecule has 0 aromatic heterocycles. The fraction of sp³-hybridized carbons (Fsp3) is 0.391. The largest absolute Gasteiger partial charge is 0 e. The Balaban J connectivity index is -0.0000000877. The molecule has 2 radical (unpaired) electrons. The van der Waals surface area contributed by atoms with Gasteiger partial charge in [0.15, 0.2) is 0 Å². The monoisotopic (exact) mass is 608 g/mol. The number of aliphatic hydroxyl groups is 1. The summed E-state index contributed by atoms with van der Waals surface area (Å²) in [4.78, 5) is 21.9. The average Bonchev–Trinajstić information content (AvgIpc) is 3.06.